The van der Waals surface area contributed by atoms with Gasteiger partial charge in [-0.05, 0) is 6.92 Å². The molecule has 6 heteroatoms. The molecule has 0 unspecified atom stereocenters. The quantitative estimate of drug-likeness (QED) is 0.850. The summed E-state index contributed by atoms with van der Waals surface area (Å²) in [4.78, 5) is 19.7. The zero-order valence-corrected chi connectivity index (χ0v) is 9.62. The molecule has 0 aliphatic carbocycles. The average molecular weight is 242 g/mol. The highest BCUT2D eigenvalue weighted by Gasteiger charge is 2.40. The lowest BCUT2D eigenvalue weighted by molar-refractivity contribution is -0.157. The van der Waals surface area contributed by atoms with Crippen molar-refractivity contribution in [1.82, 2.24) is 15.3 Å². The van der Waals surface area contributed by atoms with Crippen LogP contribution >= 0.6 is 11.6 Å². The number of carbonyl (C=O) groups excluding carboxylic acids is 1. The van der Waals surface area contributed by atoms with Gasteiger partial charge in [0.2, 0.25) is 5.91 Å². The van der Waals surface area contributed by atoms with Gasteiger partial charge in [-0.1, -0.05) is 11.6 Å². The maximum atomic E-state index is 11.7. The van der Waals surface area contributed by atoms with E-state index in [0.717, 1.165) is 0 Å². The highest BCUT2D eigenvalue weighted by molar-refractivity contribution is 6.29. The van der Waals surface area contributed by atoms with Crippen LogP contribution in [0.3, 0.4) is 0 Å². The van der Waals surface area contributed by atoms with Crippen molar-refractivity contribution >= 4 is 17.5 Å². The van der Waals surface area contributed by atoms with Crippen LogP contribution in [0.2, 0.25) is 5.15 Å². The molecule has 2 heterocycles. The van der Waals surface area contributed by atoms with Crippen molar-refractivity contribution < 1.29 is 9.53 Å². The number of nitrogens with one attached hydrogen (secondary N) is 1. The first-order chi connectivity index (χ1) is 7.62. The second kappa shape index (κ2) is 4.35. The fourth-order valence-electron chi connectivity index (χ4n) is 1.39. The van der Waals surface area contributed by atoms with Gasteiger partial charge in [0.25, 0.3) is 0 Å². The van der Waals surface area contributed by atoms with Crippen molar-refractivity contribution in [2.75, 3.05) is 13.2 Å². The van der Waals surface area contributed by atoms with Crippen molar-refractivity contribution in [3.63, 3.8) is 0 Å². The smallest absolute Gasteiger partial charge is 0.230 e. The van der Waals surface area contributed by atoms with Gasteiger partial charge in [-0.2, -0.15) is 0 Å². The molecule has 1 N–H and O–H groups in total. The van der Waals surface area contributed by atoms with Crippen molar-refractivity contribution in [2.45, 2.75) is 13.5 Å². The molecule has 1 aliphatic rings. The number of nitrogens with zero attached hydrogens (tertiary/aromatic N) is 2. The highest BCUT2D eigenvalue weighted by atomic mass is 35.5. The third kappa shape index (κ3) is 2.15. The summed E-state index contributed by atoms with van der Waals surface area (Å²) in [5, 5.41) is 3.09. The van der Waals surface area contributed by atoms with Crippen LogP contribution in [-0.2, 0) is 16.1 Å². The lowest BCUT2D eigenvalue weighted by atomic mass is 9.87. The molecule has 1 aliphatic heterocycles. The average Bonchev–Trinajstić information content (AvgIpc) is 2.24. The van der Waals surface area contributed by atoms with Gasteiger partial charge >= 0.3 is 0 Å². The Hall–Kier alpha value is -1.20. The van der Waals surface area contributed by atoms with Gasteiger partial charge in [0.15, 0.2) is 5.15 Å². The number of ether oxygens (including phenoxy) is 1. The van der Waals surface area contributed by atoms with Crippen molar-refractivity contribution in [1.29, 1.82) is 0 Å². The van der Waals surface area contributed by atoms with E-state index in [1.54, 1.807) is 6.20 Å². The van der Waals surface area contributed by atoms with E-state index in [4.69, 9.17) is 16.3 Å². The Morgan fingerprint density at radius 3 is 2.81 bits per heavy atom. The van der Waals surface area contributed by atoms with Gasteiger partial charge in [0, 0.05) is 12.4 Å². The van der Waals surface area contributed by atoms with Crippen LogP contribution in [-0.4, -0.2) is 29.1 Å². The monoisotopic (exact) mass is 241 g/mol. The zero-order chi connectivity index (χ0) is 11.6. The van der Waals surface area contributed by atoms with Crippen LogP contribution in [0.15, 0.2) is 12.4 Å². The van der Waals surface area contributed by atoms with E-state index in [2.05, 4.69) is 15.3 Å². The second-order valence-electron chi connectivity index (χ2n) is 4.03. The molecule has 0 atom stereocenters. The lowest BCUT2D eigenvalue weighted by Crippen LogP contribution is -2.51. The normalized spacial score (nSPS) is 17.6. The molecule has 1 aromatic rings. The molecule has 1 aromatic heterocycles. The summed E-state index contributed by atoms with van der Waals surface area (Å²) in [7, 11) is 0. The number of aromatic nitrogens is 2. The molecule has 0 radical (unpaired) electrons. The molecule has 1 fully saturated rings. The topological polar surface area (TPSA) is 64.1 Å². The van der Waals surface area contributed by atoms with E-state index >= 15 is 0 Å². The molecule has 16 heavy (non-hydrogen) atoms. The predicted octanol–water partition coefficient (Wildman–Crippen LogP) is 0.783. The molecule has 5 nitrogen and oxygen atoms in total. The second-order valence-corrected chi connectivity index (χ2v) is 4.39. The highest BCUT2D eigenvalue weighted by Crippen LogP contribution is 2.26. The fraction of sp³-hybridized carbons (Fsp3) is 0.500. The van der Waals surface area contributed by atoms with Gasteiger partial charge in [0.1, 0.15) is 0 Å². The van der Waals surface area contributed by atoms with E-state index in [1.807, 2.05) is 6.92 Å². The van der Waals surface area contributed by atoms with E-state index in [1.165, 1.54) is 6.20 Å². The summed E-state index contributed by atoms with van der Waals surface area (Å²) in [6, 6.07) is 0. The van der Waals surface area contributed by atoms with Crippen LogP contribution < -0.4 is 5.32 Å². The Bertz CT molecular complexity index is 407. The lowest BCUT2D eigenvalue weighted by Gasteiger charge is -2.36. The Morgan fingerprint density at radius 1 is 1.56 bits per heavy atom. The standard InChI is InChI=1S/C10H12ClN3O2/c1-10(5-16-6-10)9(15)14-4-7-8(11)13-3-2-12-7/h2-3H,4-6H2,1H3,(H,14,15). The van der Waals surface area contributed by atoms with Crippen molar-refractivity contribution in [3.8, 4) is 0 Å². The Morgan fingerprint density at radius 2 is 2.25 bits per heavy atom. The third-order valence-corrected chi connectivity index (χ3v) is 2.84. The number of amides is 1. The maximum absolute atomic E-state index is 11.7. The number of carbonyl (C=O) groups is 1. The largest absolute Gasteiger partial charge is 0.379 e. The Balaban J connectivity index is 1.93. The van der Waals surface area contributed by atoms with Gasteiger partial charge in [-0.25, -0.2) is 4.98 Å². The number of halogens is 1. The molecule has 0 aromatic carbocycles. The molecule has 0 saturated carbocycles. The van der Waals surface area contributed by atoms with E-state index in [0.29, 0.717) is 30.6 Å². The Labute approximate surface area is 98.2 Å². The van der Waals surface area contributed by atoms with E-state index < -0.39 is 5.41 Å². The van der Waals surface area contributed by atoms with E-state index in [9.17, 15) is 4.79 Å². The van der Waals surface area contributed by atoms with Gasteiger partial charge in [-0.15, -0.1) is 0 Å². The zero-order valence-electron chi connectivity index (χ0n) is 8.86. The molecule has 2 rings (SSSR count). The number of hydrogen-bond donors (Lipinski definition) is 1. The SMILES string of the molecule is CC1(C(=O)NCc2nccnc2Cl)COC1. The predicted molar refractivity (Wildman–Crippen MR) is 57.8 cm³/mol. The number of rotatable bonds is 3. The van der Waals surface area contributed by atoms with Crippen molar-refractivity contribution in [3.05, 3.63) is 23.2 Å². The molecule has 1 saturated heterocycles. The minimum Gasteiger partial charge on any atom is -0.379 e. The minimum absolute atomic E-state index is 0.0412. The number of hydrogen-bond acceptors (Lipinski definition) is 4. The summed E-state index contributed by atoms with van der Waals surface area (Å²) in [6.07, 6.45) is 3.05. The van der Waals surface area contributed by atoms with Crippen molar-refractivity contribution in [2.24, 2.45) is 5.41 Å². The fourth-order valence-corrected chi connectivity index (χ4v) is 1.56. The first-order valence-corrected chi connectivity index (χ1v) is 5.31. The molecule has 0 bridgehead atoms. The summed E-state index contributed by atoms with van der Waals surface area (Å²) >= 11 is 5.82. The van der Waals surface area contributed by atoms with Gasteiger partial charge in [0.05, 0.1) is 30.9 Å². The summed E-state index contributed by atoms with van der Waals surface area (Å²) in [5.74, 6) is -0.0412. The maximum Gasteiger partial charge on any atom is 0.230 e. The van der Waals surface area contributed by atoms with Crippen LogP contribution in [0.1, 0.15) is 12.6 Å². The molecule has 0 spiro atoms. The first kappa shape index (κ1) is 11.3. The Kier molecular flexibility index (Phi) is 3.07. The van der Waals surface area contributed by atoms with Crippen LogP contribution in [0.25, 0.3) is 0 Å². The minimum atomic E-state index is -0.408. The summed E-state index contributed by atoms with van der Waals surface area (Å²) in [5.41, 5.74) is 0.163. The molecule has 86 valence electrons. The molecule has 1 amide bonds. The van der Waals surface area contributed by atoms with Crippen LogP contribution in [0, 0.1) is 5.41 Å². The van der Waals surface area contributed by atoms with Gasteiger partial charge < -0.3 is 10.1 Å². The van der Waals surface area contributed by atoms with E-state index in [-0.39, 0.29) is 5.91 Å². The molecular formula is C10H12ClN3O2. The molecular weight excluding hydrogens is 230 g/mol. The summed E-state index contributed by atoms with van der Waals surface area (Å²) < 4.78 is 5.02. The van der Waals surface area contributed by atoms with Crippen LogP contribution in [0.5, 0.6) is 0 Å². The first-order valence-electron chi connectivity index (χ1n) is 4.93. The third-order valence-electron chi connectivity index (χ3n) is 2.53. The summed E-state index contributed by atoms with van der Waals surface area (Å²) in [6.45, 7) is 3.09. The van der Waals surface area contributed by atoms with Gasteiger partial charge in [-0.3, -0.25) is 9.78 Å². The van der Waals surface area contributed by atoms with Crippen LogP contribution in [0.4, 0.5) is 0 Å².